The Morgan fingerprint density at radius 1 is 0.667 bits per heavy atom. The van der Waals surface area contributed by atoms with Crippen LogP contribution in [0.1, 0.15) is 31.8 Å². The van der Waals surface area contributed by atoms with Gasteiger partial charge in [-0.1, -0.05) is 0 Å². The van der Waals surface area contributed by atoms with E-state index in [9.17, 15) is 66.0 Å². The van der Waals surface area contributed by atoms with Crippen molar-refractivity contribution in [2.24, 2.45) is 0 Å². The molecular weight excluding hydrogens is 523 g/mol. The van der Waals surface area contributed by atoms with E-state index in [0.717, 1.165) is 0 Å². The van der Waals surface area contributed by atoms with Gasteiger partial charge in [-0.2, -0.15) is 16.8 Å². The maximum Gasteiger partial charge on any atom is 0.298 e. The smallest absolute Gasteiger partial charge is 0.298 e. The van der Waals surface area contributed by atoms with Gasteiger partial charge in [-0.05, 0) is 0 Å². The van der Waals surface area contributed by atoms with E-state index in [2.05, 4.69) is 0 Å². The minimum Gasteiger partial charge on any atom is -0.506 e. The van der Waals surface area contributed by atoms with E-state index in [0.29, 0.717) is 0 Å². The number of carbonyl (C=O) groups is 2. The van der Waals surface area contributed by atoms with E-state index in [1.807, 2.05) is 0 Å². The Balaban J connectivity index is 0.00000385. The zero-order chi connectivity index (χ0) is 24.5. The standard InChI is InChI=1S/C14H6N2O14S2.K/c17-11-5(31(25,26)27)1-3(15(21)22)7-9(11)14(20)10-8(13(7)19)4(16(23)24)2-6(12(10)18)32(28,29)30;/h1-2,17-18H,(H,25,26,27)(H,28,29,30);. The molecule has 0 amide bonds. The minimum atomic E-state index is -5.43. The fourth-order valence-corrected chi connectivity index (χ4v) is 4.32. The minimum absolute atomic E-state index is 0. The number of fused-ring (bicyclic) bond motifs is 2. The molecule has 19 heteroatoms. The summed E-state index contributed by atoms with van der Waals surface area (Å²) >= 11 is 0. The summed E-state index contributed by atoms with van der Waals surface area (Å²) in [5.41, 5.74) is -8.47. The summed E-state index contributed by atoms with van der Waals surface area (Å²) in [6.45, 7) is 0. The van der Waals surface area contributed by atoms with Crippen LogP contribution in [-0.4, -0.2) is 109 Å². The number of hydrogen-bond acceptors (Lipinski definition) is 12. The Hall–Kier alpha value is -2.36. The third-order valence-electron chi connectivity index (χ3n) is 4.35. The van der Waals surface area contributed by atoms with Crippen molar-refractivity contribution in [2.75, 3.05) is 0 Å². The fraction of sp³-hybridized carbons (Fsp3) is 0. The molecule has 16 nitrogen and oxygen atoms in total. The first-order valence-electron chi connectivity index (χ1n) is 7.63. The van der Waals surface area contributed by atoms with Crippen molar-refractivity contribution >= 4 is 94.6 Å². The van der Waals surface area contributed by atoms with E-state index in [4.69, 9.17) is 0 Å². The SMILES string of the molecule is O=C1c2c([N+](=O)[O-])cc(S(=O)(=O)O)c(O)c2C(=O)c2c(O)c(S(=O)(=O)O)cc([N+](=O)[O-])c21.[K]. The van der Waals surface area contributed by atoms with Crippen molar-refractivity contribution in [1.29, 1.82) is 0 Å². The van der Waals surface area contributed by atoms with Gasteiger partial charge in [0.15, 0.2) is 0 Å². The van der Waals surface area contributed by atoms with E-state index in [-0.39, 0.29) is 63.5 Å². The van der Waals surface area contributed by atoms with Gasteiger partial charge >= 0.3 is 0 Å². The predicted molar refractivity (Wildman–Crippen MR) is 102 cm³/mol. The summed E-state index contributed by atoms with van der Waals surface area (Å²) in [5.74, 6) is -6.94. The van der Waals surface area contributed by atoms with E-state index in [1.165, 1.54) is 0 Å². The van der Waals surface area contributed by atoms with Gasteiger partial charge in [0.05, 0.1) is 21.0 Å². The number of benzene rings is 2. The first-order chi connectivity index (χ1) is 14.5. The number of nitro benzene ring substituents is 2. The molecule has 0 bridgehead atoms. The molecule has 0 aromatic heterocycles. The molecule has 1 radical (unpaired) electrons. The number of aromatic hydroxyl groups is 2. The number of carbonyl (C=O) groups excluding carboxylic acids is 2. The fourth-order valence-electron chi connectivity index (χ4n) is 3.10. The van der Waals surface area contributed by atoms with Gasteiger partial charge in [0.1, 0.15) is 32.4 Å². The van der Waals surface area contributed by atoms with Crippen LogP contribution in [0.25, 0.3) is 0 Å². The third-order valence-corrected chi connectivity index (χ3v) is 6.08. The molecule has 1 aliphatic carbocycles. The third kappa shape index (κ3) is 4.17. The van der Waals surface area contributed by atoms with Crippen LogP contribution in [0, 0.1) is 20.2 Å². The Morgan fingerprint density at radius 2 is 0.939 bits per heavy atom. The molecule has 0 fully saturated rings. The number of rotatable bonds is 4. The molecule has 0 saturated heterocycles. The second-order valence-electron chi connectivity index (χ2n) is 6.11. The van der Waals surface area contributed by atoms with Gasteiger partial charge in [0.25, 0.3) is 31.6 Å². The largest absolute Gasteiger partial charge is 0.506 e. The molecule has 0 unspecified atom stereocenters. The summed E-state index contributed by atoms with van der Waals surface area (Å²) in [7, 11) is -10.9. The number of nitrogens with zero attached hydrogens (tertiary/aromatic N) is 2. The molecule has 2 aromatic carbocycles. The average Bonchev–Trinajstić information content (AvgIpc) is 2.62. The molecule has 3 rings (SSSR count). The molecule has 0 heterocycles. The molecule has 169 valence electrons. The maximum absolute atomic E-state index is 12.9. The summed E-state index contributed by atoms with van der Waals surface area (Å²) in [4.78, 5) is 42.7. The first-order valence-corrected chi connectivity index (χ1v) is 10.5. The number of phenolic OH excluding ortho intramolecular Hbond substituents is 2. The van der Waals surface area contributed by atoms with Crippen LogP contribution in [-0.2, 0) is 20.2 Å². The Kier molecular flexibility index (Phi) is 6.88. The molecule has 2 aromatic rings. The van der Waals surface area contributed by atoms with Crippen LogP contribution in [0.4, 0.5) is 11.4 Å². The Bertz CT molecular complexity index is 1420. The molecule has 4 N–H and O–H groups in total. The van der Waals surface area contributed by atoms with Crippen molar-refractivity contribution in [1.82, 2.24) is 0 Å². The van der Waals surface area contributed by atoms with E-state index < -0.39 is 96.6 Å². The van der Waals surface area contributed by atoms with E-state index >= 15 is 0 Å². The summed E-state index contributed by atoms with van der Waals surface area (Å²) in [6, 6.07) is 0.0514. The molecule has 0 spiro atoms. The van der Waals surface area contributed by atoms with Crippen LogP contribution in [0.3, 0.4) is 0 Å². The van der Waals surface area contributed by atoms with Gasteiger partial charge < -0.3 is 10.2 Å². The van der Waals surface area contributed by atoms with Crippen LogP contribution in [0.2, 0.25) is 0 Å². The number of nitro groups is 2. The topological polar surface area (TPSA) is 270 Å². The summed E-state index contributed by atoms with van der Waals surface area (Å²) in [5, 5.41) is 43.1. The van der Waals surface area contributed by atoms with Crippen LogP contribution < -0.4 is 0 Å². The van der Waals surface area contributed by atoms with Crippen LogP contribution >= 0.6 is 0 Å². The number of hydrogen-bond donors (Lipinski definition) is 4. The normalized spacial score (nSPS) is 13.0. The van der Waals surface area contributed by atoms with Crippen molar-refractivity contribution in [3.63, 3.8) is 0 Å². The summed E-state index contributed by atoms with van der Waals surface area (Å²) in [6.07, 6.45) is 0. The van der Waals surface area contributed by atoms with Crippen molar-refractivity contribution in [3.05, 3.63) is 54.6 Å². The zero-order valence-electron chi connectivity index (χ0n) is 15.7. The molecule has 33 heavy (non-hydrogen) atoms. The van der Waals surface area contributed by atoms with Crippen LogP contribution in [0.5, 0.6) is 11.5 Å². The Labute approximate surface area is 224 Å². The zero-order valence-corrected chi connectivity index (χ0v) is 20.5. The second-order valence-corrected chi connectivity index (χ2v) is 8.89. The van der Waals surface area contributed by atoms with Crippen LogP contribution in [0.15, 0.2) is 21.9 Å². The number of phenols is 2. The quantitative estimate of drug-likeness (QED) is 0.147. The second kappa shape index (κ2) is 8.45. The average molecular weight is 529 g/mol. The summed E-state index contributed by atoms with van der Waals surface area (Å²) < 4.78 is 64.3. The van der Waals surface area contributed by atoms with Gasteiger partial charge in [0, 0.05) is 63.5 Å². The van der Waals surface area contributed by atoms with Crippen molar-refractivity contribution < 1.29 is 55.6 Å². The molecular formula is C14H6KN2O14S2. The number of ketones is 2. The van der Waals surface area contributed by atoms with Gasteiger partial charge in [0.2, 0.25) is 11.6 Å². The predicted octanol–water partition coefficient (Wildman–Crippen LogP) is -0.198. The first kappa shape index (κ1) is 26.9. The maximum atomic E-state index is 12.9. The van der Waals surface area contributed by atoms with Gasteiger partial charge in [-0.15, -0.1) is 0 Å². The molecule has 0 aliphatic heterocycles. The van der Waals surface area contributed by atoms with Crippen molar-refractivity contribution in [2.45, 2.75) is 9.79 Å². The monoisotopic (exact) mass is 529 g/mol. The van der Waals surface area contributed by atoms with E-state index in [1.54, 1.807) is 0 Å². The van der Waals surface area contributed by atoms with Crippen molar-refractivity contribution in [3.8, 4) is 11.5 Å². The Morgan fingerprint density at radius 3 is 1.18 bits per heavy atom. The van der Waals surface area contributed by atoms with Gasteiger partial charge in [-0.25, -0.2) is 0 Å². The molecule has 1 aliphatic rings. The molecule has 0 saturated carbocycles. The molecule has 0 atom stereocenters. The van der Waals surface area contributed by atoms with Gasteiger partial charge in [-0.3, -0.25) is 38.9 Å².